The number of methoxy groups -OCH3 is 1. The molecule has 0 aliphatic rings. The molecule has 0 saturated carbocycles. The molecule has 0 saturated heterocycles. The zero-order valence-electron chi connectivity index (χ0n) is 21.0. The smallest absolute Gasteiger partial charge is 0.282 e. The fourth-order valence-electron chi connectivity index (χ4n) is 3.99. The lowest BCUT2D eigenvalue weighted by Crippen LogP contribution is -2.20. The number of hydrogen-bond acceptors (Lipinski definition) is 8. The van der Waals surface area contributed by atoms with Gasteiger partial charge in [0.05, 0.1) is 40.6 Å². The van der Waals surface area contributed by atoms with Crippen LogP contribution in [0.1, 0.15) is 25.8 Å². The van der Waals surface area contributed by atoms with Crippen molar-refractivity contribution in [2.45, 2.75) is 26.4 Å². The van der Waals surface area contributed by atoms with Gasteiger partial charge in [0.1, 0.15) is 17.1 Å². The Labute approximate surface area is 216 Å². The maximum atomic E-state index is 13.6. The Kier molecular flexibility index (Phi) is 6.61. The van der Waals surface area contributed by atoms with Gasteiger partial charge >= 0.3 is 0 Å². The third-order valence-electron chi connectivity index (χ3n) is 6.14. The average molecular weight is 513 g/mol. The molecule has 0 aliphatic heterocycles. The summed E-state index contributed by atoms with van der Waals surface area (Å²) >= 11 is 0. The van der Waals surface area contributed by atoms with E-state index >= 15 is 0 Å². The summed E-state index contributed by atoms with van der Waals surface area (Å²) in [5.41, 5.74) is 0.820. The van der Waals surface area contributed by atoms with Gasteiger partial charge in [-0.2, -0.15) is 9.78 Å². The van der Waals surface area contributed by atoms with E-state index in [1.165, 1.54) is 24.4 Å². The molecule has 192 valence electrons. The number of ether oxygens (including phenoxy) is 2. The molecule has 10 heteroatoms. The highest BCUT2D eigenvalue weighted by molar-refractivity contribution is 5.89. The molecule has 38 heavy (non-hydrogen) atoms. The SMILES string of the molecule is CC[C@@H](C)Oc1ccc([N+](=O)[O-])cc1C=Nn1c(-c2cc3c(OC)cccc3o2)nc2ccccc2c1=O. The molecule has 5 rings (SSSR count). The highest BCUT2D eigenvalue weighted by atomic mass is 16.6. The van der Waals surface area contributed by atoms with E-state index in [1.807, 2.05) is 19.9 Å². The first kappa shape index (κ1) is 24.7. The highest BCUT2D eigenvalue weighted by Crippen LogP contribution is 2.33. The summed E-state index contributed by atoms with van der Waals surface area (Å²) in [5.74, 6) is 1.49. The lowest BCUT2D eigenvalue weighted by molar-refractivity contribution is -0.384. The molecule has 0 amide bonds. The van der Waals surface area contributed by atoms with Gasteiger partial charge in [-0.25, -0.2) is 4.98 Å². The summed E-state index contributed by atoms with van der Waals surface area (Å²) in [6, 6.07) is 18.3. The number of non-ortho nitro benzene ring substituents is 1. The lowest BCUT2D eigenvalue weighted by atomic mass is 10.2. The maximum Gasteiger partial charge on any atom is 0.282 e. The zero-order chi connectivity index (χ0) is 26.8. The minimum atomic E-state index is -0.499. The van der Waals surface area contributed by atoms with Crippen molar-refractivity contribution in [3.8, 4) is 23.1 Å². The van der Waals surface area contributed by atoms with E-state index in [4.69, 9.17) is 13.9 Å². The number of nitro benzene ring substituents is 1. The van der Waals surface area contributed by atoms with Gasteiger partial charge in [0.25, 0.3) is 11.2 Å². The highest BCUT2D eigenvalue weighted by Gasteiger charge is 2.19. The summed E-state index contributed by atoms with van der Waals surface area (Å²) in [4.78, 5) is 29.2. The number of benzene rings is 3. The van der Waals surface area contributed by atoms with Crippen molar-refractivity contribution in [2.24, 2.45) is 5.10 Å². The van der Waals surface area contributed by atoms with Crippen molar-refractivity contribution in [2.75, 3.05) is 7.11 Å². The summed E-state index contributed by atoms with van der Waals surface area (Å²) in [6.07, 6.45) is 1.96. The van der Waals surface area contributed by atoms with E-state index in [1.54, 1.807) is 49.6 Å². The summed E-state index contributed by atoms with van der Waals surface area (Å²) in [5, 5.41) is 16.9. The molecule has 10 nitrogen and oxygen atoms in total. The quantitative estimate of drug-likeness (QED) is 0.147. The van der Waals surface area contributed by atoms with Crippen LogP contribution in [0.2, 0.25) is 0 Å². The molecule has 0 spiro atoms. The Morgan fingerprint density at radius 3 is 2.68 bits per heavy atom. The predicted molar refractivity (Wildman–Crippen MR) is 144 cm³/mol. The third kappa shape index (κ3) is 4.59. The third-order valence-corrected chi connectivity index (χ3v) is 6.14. The van der Waals surface area contributed by atoms with Gasteiger partial charge in [-0.1, -0.05) is 25.1 Å². The second-order valence-electron chi connectivity index (χ2n) is 8.61. The number of rotatable bonds is 8. The fraction of sp³-hybridized carbons (Fsp3) is 0.179. The second kappa shape index (κ2) is 10.2. The van der Waals surface area contributed by atoms with E-state index in [9.17, 15) is 14.9 Å². The van der Waals surface area contributed by atoms with Crippen LogP contribution in [0.3, 0.4) is 0 Å². The minimum absolute atomic E-state index is 0.128. The van der Waals surface area contributed by atoms with Crippen LogP contribution >= 0.6 is 0 Å². The van der Waals surface area contributed by atoms with Gasteiger partial charge in [-0.3, -0.25) is 14.9 Å². The van der Waals surface area contributed by atoms with Gasteiger partial charge in [0, 0.05) is 17.7 Å². The predicted octanol–water partition coefficient (Wildman–Crippen LogP) is 5.79. The van der Waals surface area contributed by atoms with Crippen molar-refractivity contribution >= 4 is 33.8 Å². The van der Waals surface area contributed by atoms with Crippen molar-refractivity contribution in [1.29, 1.82) is 0 Å². The van der Waals surface area contributed by atoms with E-state index in [0.717, 1.165) is 11.1 Å². The molecule has 5 aromatic rings. The number of nitro groups is 1. The van der Waals surface area contributed by atoms with Gasteiger partial charge < -0.3 is 13.9 Å². The zero-order valence-corrected chi connectivity index (χ0v) is 21.0. The Bertz CT molecular complexity index is 1750. The normalized spacial score (nSPS) is 12.3. The first-order valence-corrected chi connectivity index (χ1v) is 12.0. The molecule has 0 N–H and O–H groups in total. The number of fused-ring (bicyclic) bond motifs is 2. The molecule has 0 aliphatic carbocycles. The first-order chi connectivity index (χ1) is 18.4. The topological polar surface area (TPSA) is 122 Å². The molecular formula is C28H24N4O6. The monoisotopic (exact) mass is 512 g/mol. The maximum absolute atomic E-state index is 13.6. The largest absolute Gasteiger partial charge is 0.496 e. The van der Waals surface area contributed by atoms with Gasteiger partial charge in [-0.05, 0) is 49.7 Å². The van der Waals surface area contributed by atoms with Gasteiger partial charge in [0.2, 0.25) is 5.82 Å². The van der Waals surface area contributed by atoms with E-state index in [2.05, 4.69) is 10.1 Å². The van der Waals surface area contributed by atoms with Crippen LogP contribution < -0.4 is 15.0 Å². The Balaban J connectivity index is 1.71. The van der Waals surface area contributed by atoms with Crippen LogP contribution in [0.25, 0.3) is 33.5 Å². The Hall–Kier alpha value is -4.99. The summed E-state index contributed by atoms with van der Waals surface area (Å²) in [7, 11) is 1.56. The van der Waals surface area contributed by atoms with Crippen molar-refractivity contribution in [1.82, 2.24) is 9.66 Å². The lowest BCUT2D eigenvalue weighted by Gasteiger charge is -2.14. The van der Waals surface area contributed by atoms with Crippen LogP contribution in [0.4, 0.5) is 5.69 Å². The summed E-state index contributed by atoms with van der Waals surface area (Å²) in [6.45, 7) is 3.87. The van der Waals surface area contributed by atoms with Crippen molar-refractivity contribution < 1.29 is 18.8 Å². The molecule has 2 heterocycles. The van der Waals surface area contributed by atoms with Crippen LogP contribution in [-0.2, 0) is 0 Å². The number of nitrogens with zero attached hydrogens (tertiary/aromatic N) is 4. The number of furan rings is 1. The van der Waals surface area contributed by atoms with Crippen LogP contribution in [0.5, 0.6) is 11.5 Å². The molecule has 0 fully saturated rings. The van der Waals surface area contributed by atoms with E-state index in [-0.39, 0.29) is 17.6 Å². The fourth-order valence-corrected chi connectivity index (χ4v) is 3.99. The van der Waals surface area contributed by atoms with Gasteiger partial charge in [-0.15, -0.1) is 0 Å². The number of para-hydroxylation sites is 1. The summed E-state index contributed by atoms with van der Waals surface area (Å²) < 4.78 is 18.6. The molecule has 0 bridgehead atoms. The second-order valence-corrected chi connectivity index (χ2v) is 8.61. The van der Waals surface area contributed by atoms with Crippen molar-refractivity contribution in [3.63, 3.8) is 0 Å². The molecule has 0 unspecified atom stereocenters. The van der Waals surface area contributed by atoms with Crippen molar-refractivity contribution in [3.05, 3.63) is 92.8 Å². The minimum Gasteiger partial charge on any atom is -0.496 e. The molecule has 3 aromatic carbocycles. The van der Waals surface area contributed by atoms with Crippen LogP contribution in [0.15, 0.2) is 81.0 Å². The van der Waals surface area contributed by atoms with Gasteiger partial charge in [0.15, 0.2) is 5.76 Å². The Morgan fingerprint density at radius 2 is 1.92 bits per heavy atom. The average Bonchev–Trinajstić information content (AvgIpc) is 3.37. The van der Waals surface area contributed by atoms with E-state index in [0.29, 0.717) is 44.7 Å². The molecule has 0 radical (unpaired) electrons. The standard InChI is InChI=1S/C28H24N4O6/c1-4-17(2)37-23-13-12-19(32(34)35)14-18(23)16-29-31-27(30-22-9-6-5-8-20(22)28(31)33)26-15-21-24(36-3)10-7-11-25(21)38-26/h5-17H,4H2,1-3H3/t17-/m1/s1. The molecule has 2 aromatic heterocycles. The molecular weight excluding hydrogens is 488 g/mol. The van der Waals surface area contributed by atoms with E-state index < -0.39 is 10.5 Å². The van der Waals surface area contributed by atoms with Crippen LogP contribution in [-0.4, -0.2) is 34.0 Å². The molecule has 1 atom stereocenters. The number of aromatic nitrogens is 2. The number of hydrogen-bond donors (Lipinski definition) is 0. The first-order valence-electron chi connectivity index (χ1n) is 12.0. The van der Waals surface area contributed by atoms with Crippen LogP contribution in [0, 0.1) is 10.1 Å². The Morgan fingerprint density at radius 1 is 1.11 bits per heavy atom.